The monoisotopic (exact) mass is 186 g/mol. The highest BCUT2D eigenvalue weighted by molar-refractivity contribution is 4.71. The van der Waals surface area contributed by atoms with Crippen LogP contribution in [0.1, 0.15) is 13.8 Å². The minimum Gasteiger partial charge on any atom is -0.377 e. The molecule has 12 heavy (non-hydrogen) atoms. The molecule has 0 amide bonds. The Labute approximate surface area is 69.0 Å². The van der Waals surface area contributed by atoms with Crippen LogP contribution in [0, 0.1) is 0 Å². The molecule has 0 fully saturated rings. The van der Waals surface area contributed by atoms with E-state index in [4.69, 9.17) is 10.6 Å². The third-order valence-corrected chi connectivity index (χ3v) is 1.19. The van der Waals surface area contributed by atoms with Crippen molar-refractivity contribution in [2.45, 2.75) is 32.2 Å². The summed E-state index contributed by atoms with van der Waals surface area (Å²) in [4.78, 5) is 0. The standard InChI is InChI=1S/C6H13F3N2O/c1-4(2)12-3-5(11-10)6(7,8)9/h4-5,11H,3,10H2,1-2H3. The fourth-order valence-electron chi connectivity index (χ4n) is 0.526. The lowest BCUT2D eigenvalue weighted by molar-refractivity contribution is -0.170. The Morgan fingerprint density at radius 1 is 1.42 bits per heavy atom. The molecule has 6 heteroatoms. The van der Waals surface area contributed by atoms with E-state index in [1.165, 1.54) is 0 Å². The summed E-state index contributed by atoms with van der Waals surface area (Å²) in [5.41, 5.74) is 1.65. The highest BCUT2D eigenvalue weighted by atomic mass is 19.4. The lowest BCUT2D eigenvalue weighted by Crippen LogP contribution is -2.49. The molecule has 0 spiro atoms. The Kier molecular flexibility index (Phi) is 4.51. The second-order valence-electron chi connectivity index (χ2n) is 2.64. The van der Waals surface area contributed by atoms with E-state index in [0.717, 1.165) is 0 Å². The average molecular weight is 186 g/mol. The third-order valence-electron chi connectivity index (χ3n) is 1.19. The van der Waals surface area contributed by atoms with Gasteiger partial charge >= 0.3 is 6.18 Å². The van der Waals surface area contributed by atoms with Crippen molar-refractivity contribution >= 4 is 0 Å². The van der Waals surface area contributed by atoms with E-state index in [2.05, 4.69) is 0 Å². The van der Waals surface area contributed by atoms with E-state index in [0.29, 0.717) is 0 Å². The topological polar surface area (TPSA) is 47.3 Å². The summed E-state index contributed by atoms with van der Waals surface area (Å²) in [6.07, 6.45) is -4.59. The van der Waals surface area contributed by atoms with Crippen LogP contribution in [-0.4, -0.2) is 24.9 Å². The molecule has 0 aromatic heterocycles. The number of hydrazine groups is 1. The van der Waals surface area contributed by atoms with E-state index in [9.17, 15) is 13.2 Å². The minimum atomic E-state index is -4.36. The Morgan fingerprint density at radius 2 is 1.92 bits per heavy atom. The molecular formula is C6H13F3N2O. The van der Waals surface area contributed by atoms with Crippen LogP contribution >= 0.6 is 0 Å². The molecule has 74 valence electrons. The zero-order valence-electron chi connectivity index (χ0n) is 6.98. The van der Waals surface area contributed by atoms with E-state index in [-0.39, 0.29) is 6.10 Å². The van der Waals surface area contributed by atoms with Gasteiger partial charge in [-0.3, -0.25) is 5.84 Å². The van der Waals surface area contributed by atoms with Crippen LogP contribution in [0.2, 0.25) is 0 Å². The van der Waals surface area contributed by atoms with Crippen LogP contribution in [0.15, 0.2) is 0 Å². The minimum absolute atomic E-state index is 0.233. The van der Waals surface area contributed by atoms with Crippen LogP contribution in [0.5, 0.6) is 0 Å². The average Bonchev–Trinajstić information content (AvgIpc) is 1.85. The van der Waals surface area contributed by atoms with E-state index >= 15 is 0 Å². The smallest absolute Gasteiger partial charge is 0.377 e. The summed E-state index contributed by atoms with van der Waals surface area (Å²) in [7, 11) is 0. The zero-order chi connectivity index (χ0) is 9.78. The fraction of sp³-hybridized carbons (Fsp3) is 1.00. The van der Waals surface area contributed by atoms with E-state index < -0.39 is 18.8 Å². The van der Waals surface area contributed by atoms with Crippen molar-refractivity contribution in [2.75, 3.05) is 6.61 Å². The lowest BCUT2D eigenvalue weighted by Gasteiger charge is -2.20. The molecule has 1 unspecified atom stereocenters. The first kappa shape index (κ1) is 11.7. The van der Waals surface area contributed by atoms with Crippen molar-refractivity contribution in [3.8, 4) is 0 Å². The highest BCUT2D eigenvalue weighted by Gasteiger charge is 2.39. The Bertz CT molecular complexity index is 126. The molecule has 3 N–H and O–H groups in total. The molecule has 0 heterocycles. The molecule has 0 saturated carbocycles. The largest absolute Gasteiger partial charge is 0.407 e. The normalized spacial score (nSPS) is 15.2. The van der Waals surface area contributed by atoms with Crippen molar-refractivity contribution in [1.29, 1.82) is 0 Å². The maximum absolute atomic E-state index is 11.9. The van der Waals surface area contributed by atoms with Crippen LogP contribution < -0.4 is 11.3 Å². The van der Waals surface area contributed by atoms with Crippen molar-refractivity contribution in [3.05, 3.63) is 0 Å². The van der Waals surface area contributed by atoms with Crippen molar-refractivity contribution in [2.24, 2.45) is 5.84 Å². The Hall–Kier alpha value is -0.330. The van der Waals surface area contributed by atoms with Gasteiger partial charge in [-0.25, -0.2) is 5.43 Å². The van der Waals surface area contributed by atoms with Gasteiger partial charge < -0.3 is 4.74 Å². The Balaban J connectivity index is 3.84. The number of alkyl halides is 3. The quantitative estimate of drug-likeness (QED) is 0.504. The summed E-state index contributed by atoms with van der Waals surface area (Å²) >= 11 is 0. The van der Waals surface area contributed by atoms with E-state index in [1.54, 1.807) is 19.3 Å². The van der Waals surface area contributed by atoms with Crippen LogP contribution in [0.3, 0.4) is 0 Å². The van der Waals surface area contributed by atoms with Crippen molar-refractivity contribution < 1.29 is 17.9 Å². The molecule has 0 aromatic carbocycles. The van der Waals surface area contributed by atoms with Gasteiger partial charge in [-0.2, -0.15) is 13.2 Å². The second kappa shape index (κ2) is 4.64. The molecule has 0 radical (unpaired) electrons. The summed E-state index contributed by atoms with van der Waals surface area (Å²) in [5, 5.41) is 0. The molecule has 0 aliphatic carbocycles. The predicted octanol–water partition coefficient (Wildman–Crippen LogP) is 0.806. The van der Waals surface area contributed by atoms with Gasteiger partial charge in [0.15, 0.2) is 0 Å². The van der Waals surface area contributed by atoms with Gasteiger partial charge in [-0.05, 0) is 13.8 Å². The molecule has 0 saturated heterocycles. The first-order chi connectivity index (χ1) is 5.38. The highest BCUT2D eigenvalue weighted by Crippen LogP contribution is 2.19. The first-order valence-electron chi connectivity index (χ1n) is 3.52. The zero-order valence-corrected chi connectivity index (χ0v) is 6.98. The molecule has 1 atom stereocenters. The molecule has 0 rings (SSSR count). The summed E-state index contributed by atoms with van der Waals surface area (Å²) in [6.45, 7) is 2.85. The van der Waals surface area contributed by atoms with Gasteiger partial charge in [-0.1, -0.05) is 0 Å². The van der Waals surface area contributed by atoms with Crippen LogP contribution in [0.4, 0.5) is 13.2 Å². The van der Waals surface area contributed by atoms with Gasteiger partial charge in [-0.15, -0.1) is 0 Å². The van der Waals surface area contributed by atoms with Gasteiger partial charge in [0.05, 0.1) is 12.7 Å². The number of halogens is 3. The third kappa shape index (κ3) is 4.53. The lowest BCUT2D eigenvalue weighted by atomic mass is 10.3. The molecule has 0 bridgehead atoms. The summed E-state index contributed by atoms with van der Waals surface area (Å²) < 4.78 is 40.6. The molecule has 3 nitrogen and oxygen atoms in total. The van der Waals surface area contributed by atoms with E-state index in [1.807, 2.05) is 0 Å². The van der Waals surface area contributed by atoms with Crippen molar-refractivity contribution in [3.63, 3.8) is 0 Å². The number of ether oxygens (including phenoxy) is 1. The fourth-order valence-corrected chi connectivity index (χ4v) is 0.526. The maximum atomic E-state index is 11.9. The van der Waals surface area contributed by atoms with Gasteiger partial charge in [0.25, 0.3) is 0 Å². The number of hydrogen-bond donors (Lipinski definition) is 2. The maximum Gasteiger partial charge on any atom is 0.407 e. The summed E-state index contributed by atoms with van der Waals surface area (Å²) in [6, 6.07) is -1.79. The molecule has 0 aliphatic rings. The van der Waals surface area contributed by atoms with Crippen LogP contribution in [0.25, 0.3) is 0 Å². The summed E-state index contributed by atoms with van der Waals surface area (Å²) in [5.74, 6) is 4.70. The van der Waals surface area contributed by atoms with Gasteiger partial charge in [0.1, 0.15) is 6.04 Å². The number of nitrogens with two attached hydrogens (primary N) is 1. The molecular weight excluding hydrogens is 173 g/mol. The molecule has 0 aliphatic heterocycles. The number of rotatable bonds is 4. The SMILES string of the molecule is CC(C)OCC(NN)C(F)(F)F. The Morgan fingerprint density at radius 3 is 2.17 bits per heavy atom. The second-order valence-corrected chi connectivity index (χ2v) is 2.64. The molecule has 0 aromatic rings. The number of nitrogens with one attached hydrogen (secondary N) is 1. The van der Waals surface area contributed by atoms with Crippen LogP contribution in [-0.2, 0) is 4.74 Å². The van der Waals surface area contributed by atoms with Gasteiger partial charge in [0.2, 0.25) is 0 Å². The predicted molar refractivity (Wildman–Crippen MR) is 38.3 cm³/mol. The number of hydrogen-bond acceptors (Lipinski definition) is 3. The van der Waals surface area contributed by atoms with Crippen molar-refractivity contribution in [1.82, 2.24) is 5.43 Å². The van der Waals surface area contributed by atoms with Gasteiger partial charge in [0, 0.05) is 0 Å². The first-order valence-corrected chi connectivity index (χ1v) is 3.52.